The number of amides is 1. The lowest BCUT2D eigenvalue weighted by molar-refractivity contribution is -0.123. The molecular weight excluding hydrogens is 248 g/mol. The van der Waals surface area contributed by atoms with E-state index in [0.29, 0.717) is 6.54 Å². The average molecular weight is 264 g/mol. The number of imidazole rings is 1. The number of nitrogens with one attached hydrogen (secondary N) is 1. The zero-order valence-corrected chi connectivity index (χ0v) is 10.9. The smallest absolute Gasteiger partial charge is 0.242 e. The van der Waals surface area contributed by atoms with Crippen LogP contribution in [-0.4, -0.2) is 21.5 Å². The Morgan fingerprint density at radius 1 is 1.67 bits per heavy atom. The van der Waals surface area contributed by atoms with Crippen molar-refractivity contribution in [1.29, 1.82) is 0 Å². The van der Waals surface area contributed by atoms with E-state index in [2.05, 4.69) is 10.3 Å². The van der Waals surface area contributed by atoms with Crippen LogP contribution in [0, 0.1) is 0 Å². The number of carbonyl (C=O) groups is 1. The van der Waals surface area contributed by atoms with Crippen molar-refractivity contribution >= 4 is 17.2 Å². The summed E-state index contributed by atoms with van der Waals surface area (Å²) in [4.78, 5) is 16.8. The van der Waals surface area contributed by atoms with Gasteiger partial charge in [-0.3, -0.25) is 4.79 Å². The monoisotopic (exact) mass is 264 g/mol. The average Bonchev–Trinajstić information content (AvgIpc) is 2.99. The lowest BCUT2D eigenvalue weighted by Crippen LogP contribution is -2.40. The molecule has 0 aromatic carbocycles. The summed E-state index contributed by atoms with van der Waals surface area (Å²) in [6.07, 6.45) is 5.30. The molecule has 3 N–H and O–H groups in total. The van der Waals surface area contributed by atoms with Gasteiger partial charge in [0.25, 0.3) is 0 Å². The molecule has 2 atom stereocenters. The van der Waals surface area contributed by atoms with Crippen molar-refractivity contribution in [2.75, 3.05) is 0 Å². The van der Waals surface area contributed by atoms with E-state index in [9.17, 15) is 4.79 Å². The van der Waals surface area contributed by atoms with Gasteiger partial charge in [-0.05, 0) is 18.4 Å². The summed E-state index contributed by atoms with van der Waals surface area (Å²) in [5, 5.41) is 4.81. The molecule has 2 heterocycles. The molecule has 2 unspecified atom stereocenters. The summed E-state index contributed by atoms with van der Waals surface area (Å²) in [5.41, 5.74) is 5.88. The van der Waals surface area contributed by atoms with E-state index in [4.69, 9.17) is 5.73 Å². The van der Waals surface area contributed by atoms with E-state index in [-0.39, 0.29) is 11.9 Å². The highest BCUT2D eigenvalue weighted by atomic mass is 32.1. The second-order valence-electron chi connectivity index (χ2n) is 4.16. The Labute approximate surface area is 110 Å². The van der Waals surface area contributed by atoms with Gasteiger partial charge in [0.1, 0.15) is 6.04 Å². The first-order valence-corrected chi connectivity index (χ1v) is 6.60. The Kier molecular flexibility index (Phi) is 4.11. The number of thiophene rings is 1. The summed E-state index contributed by atoms with van der Waals surface area (Å²) >= 11 is 1.49. The van der Waals surface area contributed by atoms with Crippen LogP contribution in [0.1, 0.15) is 17.8 Å². The largest absolute Gasteiger partial charge is 0.350 e. The van der Waals surface area contributed by atoms with Gasteiger partial charge in [0.2, 0.25) is 5.91 Å². The minimum absolute atomic E-state index is 0.0118. The first kappa shape index (κ1) is 12.8. The molecule has 96 valence electrons. The Morgan fingerprint density at radius 3 is 3.11 bits per heavy atom. The third-order valence-electron chi connectivity index (χ3n) is 2.56. The molecule has 18 heavy (non-hydrogen) atoms. The molecule has 0 fully saturated rings. The van der Waals surface area contributed by atoms with Crippen molar-refractivity contribution in [1.82, 2.24) is 14.9 Å². The van der Waals surface area contributed by atoms with Crippen molar-refractivity contribution in [3.05, 3.63) is 41.1 Å². The van der Waals surface area contributed by atoms with Crippen molar-refractivity contribution in [2.24, 2.45) is 5.73 Å². The Hall–Kier alpha value is -1.66. The molecule has 0 saturated carbocycles. The third-order valence-corrected chi connectivity index (χ3v) is 3.52. The third kappa shape index (κ3) is 3.18. The van der Waals surface area contributed by atoms with Crippen molar-refractivity contribution in [2.45, 2.75) is 25.6 Å². The molecular formula is C12H16N4OS. The second kappa shape index (κ2) is 5.79. The molecule has 0 saturated heterocycles. The molecule has 0 spiro atoms. The number of rotatable bonds is 5. The molecule has 2 aromatic heterocycles. The lowest BCUT2D eigenvalue weighted by atomic mass is 10.2. The Bertz CT molecular complexity index is 480. The Balaban J connectivity index is 1.87. The van der Waals surface area contributed by atoms with Gasteiger partial charge in [-0.25, -0.2) is 4.98 Å². The van der Waals surface area contributed by atoms with E-state index >= 15 is 0 Å². The fraction of sp³-hybridized carbons (Fsp3) is 0.333. The number of hydrogen-bond donors (Lipinski definition) is 2. The minimum Gasteiger partial charge on any atom is -0.350 e. The van der Waals surface area contributed by atoms with E-state index in [1.54, 1.807) is 12.5 Å². The normalized spacial score (nSPS) is 14.1. The summed E-state index contributed by atoms with van der Waals surface area (Å²) in [5.74, 6) is -0.148. The van der Waals surface area contributed by atoms with Crippen molar-refractivity contribution in [3.63, 3.8) is 0 Å². The van der Waals surface area contributed by atoms with Crippen LogP contribution in [0.15, 0.2) is 36.2 Å². The van der Waals surface area contributed by atoms with Gasteiger partial charge in [0.05, 0.1) is 6.33 Å². The van der Waals surface area contributed by atoms with Gasteiger partial charge in [-0.1, -0.05) is 6.07 Å². The summed E-state index contributed by atoms with van der Waals surface area (Å²) in [6, 6.07) is 3.19. The molecule has 1 amide bonds. The molecule has 0 aliphatic carbocycles. The number of carbonyl (C=O) groups excluding carboxylic acids is 1. The fourth-order valence-corrected chi connectivity index (χ4v) is 2.41. The number of nitrogens with zero attached hydrogens (tertiary/aromatic N) is 2. The van der Waals surface area contributed by atoms with E-state index < -0.39 is 6.04 Å². The van der Waals surface area contributed by atoms with Crippen molar-refractivity contribution < 1.29 is 4.79 Å². The van der Waals surface area contributed by atoms with Crippen LogP contribution in [-0.2, 0) is 11.3 Å². The zero-order valence-electron chi connectivity index (χ0n) is 10.1. The van der Waals surface area contributed by atoms with Crippen LogP contribution in [0.2, 0.25) is 0 Å². The highest BCUT2D eigenvalue weighted by Gasteiger charge is 2.18. The van der Waals surface area contributed by atoms with Crippen LogP contribution in [0.4, 0.5) is 0 Å². The maximum absolute atomic E-state index is 11.9. The van der Waals surface area contributed by atoms with Gasteiger partial charge in [-0.2, -0.15) is 0 Å². The first-order valence-electron chi connectivity index (χ1n) is 5.72. The van der Waals surface area contributed by atoms with Gasteiger partial charge >= 0.3 is 0 Å². The first-order chi connectivity index (χ1) is 8.66. The minimum atomic E-state index is -0.588. The highest BCUT2D eigenvalue weighted by molar-refractivity contribution is 7.10. The molecule has 2 aromatic rings. The van der Waals surface area contributed by atoms with Crippen LogP contribution < -0.4 is 11.1 Å². The van der Waals surface area contributed by atoms with Crippen LogP contribution in [0.3, 0.4) is 0 Å². The van der Waals surface area contributed by atoms with Gasteiger partial charge in [0, 0.05) is 29.9 Å². The standard InChI is InChI=1S/C12H16N4OS/c1-9(7-16-5-4-14-8-16)15-12(17)11(13)10-3-2-6-18-10/h2-6,8-9,11H,7,13H2,1H3,(H,15,17). The molecule has 5 nitrogen and oxygen atoms in total. The quantitative estimate of drug-likeness (QED) is 0.851. The van der Waals surface area contributed by atoms with Crippen molar-refractivity contribution in [3.8, 4) is 0 Å². The molecule has 0 radical (unpaired) electrons. The maximum Gasteiger partial charge on any atom is 0.242 e. The predicted octanol–water partition coefficient (Wildman–Crippen LogP) is 1.15. The van der Waals surface area contributed by atoms with Gasteiger partial charge in [0.15, 0.2) is 0 Å². The fourth-order valence-electron chi connectivity index (χ4n) is 1.69. The molecule has 0 aliphatic heterocycles. The summed E-state index contributed by atoms with van der Waals surface area (Å²) in [6.45, 7) is 2.63. The maximum atomic E-state index is 11.9. The van der Waals surface area contributed by atoms with Gasteiger partial charge in [-0.15, -0.1) is 11.3 Å². The van der Waals surface area contributed by atoms with E-state index in [0.717, 1.165) is 4.88 Å². The molecule has 0 aliphatic rings. The summed E-state index contributed by atoms with van der Waals surface area (Å²) in [7, 11) is 0. The van der Waals surface area contributed by atoms with Crippen LogP contribution in [0.5, 0.6) is 0 Å². The Morgan fingerprint density at radius 2 is 2.50 bits per heavy atom. The number of nitrogens with two attached hydrogens (primary N) is 1. The SMILES string of the molecule is CC(Cn1ccnc1)NC(=O)C(N)c1cccs1. The molecule has 2 rings (SSSR count). The number of aromatic nitrogens is 2. The topological polar surface area (TPSA) is 72.9 Å². The highest BCUT2D eigenvalue weighted by Crippen LogP contribution is 2.16. The number of hydrogen-bond acceptors (Lipinski definition) is 4. The molecule has 6 heteroatoms. The lowest BCUT2D eigenvalue weighted by Gasteiger charge is -2.17. The predicted molar refractivity (Wildman–Crippen MR) is 71.1 cm³/mol. The van der Waals surface area contributed by atoms with Crippen LogP contribution in [0.25, 0.3) is 0 Å². The van der Waals surface area contributed by atoms with E-state index in [1.807, 2.05) is 35.2 Å². The van der Waals surface area contributed by atoms with Gasteiger partial charge < -0.3 is 15.6 Å². The summed E-state index contributed by atoms with van der Waals surface area (Å²) < 4.78 is 1.92. The zero-order chi connectivity index (χ0) is 13.0. The molecule has 0 bridgehead atoms. The van der Waals surface area contributed by atoms with Crippen LogP contribution >= 0.6 is 11.3 Å². The second-order valence-corrected chi connectivity index (χ2v) is 5.14. The van der Waals surface area contributed by atoms with E-state index in [1.165, 1.54) is 11.3 Å².